The molecule has 0 bridgehead atoms. The molecule has 0 saturated carbocycles. The normalized spacial score (nSPS) is 22.9. The van der Waals surface area contributed by atoms with E-state index in [0.29, 0.717) is 32.7 Å². The van der Waals surface area contributed by atoms with E-state index in [2.05, 4.69) is 10.2 Å². The maximum absolute atomic E-state index is 14.3. The molecule has 2 heterocycles. The highest BCUT2D eigenvalue weighted by Gasteiger charge is 2.35. The Labute approximate surface area is 163 Å². The van der Waals surface area contributed by atoms with Gasteiger partial charge in [-0.25, -0.2) is 13.6 Å². The predicted octanol–water partition coefficient (Wildman–Crippen LogP) is 3.49. The summed E-state index contributed by atoms with van der Waals surface area (Å²) in [6.45, 7) is 7.87. The van der Waals surface area contributed by atoms with Crippen molar-refractivity contribution in [2.24, 2.45) is 0 Å². The lowest BCUT2D eigenvalue weighted by atomic mass is 9.95. The summed E-state index contributed by atoms with van der Waals surface area (Å²) in [5.41, 5.74) is 0.248. The van der Waals surface area contributed by atoms with Gasteiger partial charge in [0, 0.05) is 25.1 Å². The Hall–Kier alpha value is -2.35. The number of rotatable bonds is 3. The van der Waals surface area contributed by atoms with Crippen LogP contribution in [0.5, 0.6) is 0 Å². The van der Waals surface area contributed by atoms with Crippen molar-refractivity contribution in [3.05, 3.63) is 47.4 Å². The Morgan fingerprint density at radius 1 is 1.25 bits per heavy atom. The Morgan fingerprint density at radius 2 is 1.96 bits per heavy atom. The highest BCUT2D eigenvalue weighted by molar-refractivity contribution is 5.68. The number of carbonyl (C=O) groups is 1. The van der Waals surface area contributed by atoms with Gasteiger partial charge in [-0.1, -0.05) is 0 Å². The molecule has 1 aromatic rings. The Balaban J connectivity index is 1.84. The van der Waals surface area contributed by atoms with Gasteiger partial charge in [0.15, 0.2) is 0 Å². The first-order chi connectivity index (χ1) is 13.2. The number of hydrogen-bond acceptors (Lipinski definition) is 5. The molecule has 6 nitrogen and oxygen atoms in total. The summed E-state index contributed by atoms with van der Waals surface area (Å²) >= 11 is 0. The molecule has 2 atom stereocenters. The summed E-state index contributed by atoms with van der Waals surface area (Å²) < 4.78 is 44.5. The highest BCUT2D eigenvalue weighted by atomic mass is 19.1. The summed E-state index contributed by atoms with van der Waals surface area (Å²) in [5.74, 6) is -1.16. The molecule has 2 aliphatic heterocycles. The van der Waals surface area contributed by atoms with E-state index in [4.69, 9.17) is 14.2 Å². The monoisotopic (exact) mass is 396 g/mol. The number of halogens is 2. The summed E-state index contributed by atoms with van der Waals surface area (Å²) in [5, 5.41) is 2.77. The second-order valence-electron chi connectivity index (χ2n) is 7.89. The third-order valence-corrected chi connectivity index (χ3v) is 4.53. The lowest BCUT2D eigenvalue weighted by molar-refractivity contribution is 0.0201. The van der Waals surface area contributed by atoms with Gasteiger partial charge in [-0.05, 0) is 39.0 Å². The number of alkyl carbamates (subject to hydrolysis) is 1. The van der Waals surface area contributed by atoms with E-state index in [1.165, 1.54) is 0 Å². The number of morpholine rings is 1. The van der Waals surface area contributed by atoms with E-state index in [-0.39, 0.29) is 5.56 Å². The fraction of sp³-hybridized carbons (Fsp3) is 0.550. The number of benzene rings is 1. The van der Waals surface area contributed by atoms with Crippen LogP contribution in [0, 0.1) is 11.6 Å². The molecule has 0 spiro atoms. The van der Waals surface area contributed by atoms with E-state index in [0.717, 1.165) is 23.9 Å². The zero-order valence-electron chi connectivity index (χ0n) is 16.3. The molecule has 154 valence electrons. The van der Waals surface area contributed by atoms with Gasteiger partial charge in [-0.2, -0.15) is 0 Å². The average molecular weight is 396 g/mol. The minimum atomic E-state index is -0.868. The summed E-state index contributed by atoms with van der Waals surface area (Å²) in [4.78, 5) is 14.4. The zero-order chi connectivity index (χ0) is 20.3. The van der Waals surface area contributed by atoms with Crippen LogP contribution in [0.4, 0.5) is 13.6 Å². The number of ether oxygens (including phenoxy) is 3. The molecule has 1 N–H and O–H groups in total. The Bertz CT molecular complexity index is 742. The molecular weight excluding hydrogens is 370 g/mol. The molecule has 0 radical (unpaired) electrons. The van der Waals surface area contributed by atoms with E-state index in [1.54, 1.807) is 27.0 Å². The summed E-state index contributed by atoms with van der Waals surface area (Å²) in [7, 11) is 0. The molecule has 3 rings (SSSR count). The fourth-order valence-corrected chi connectivity index (χ4v) is 3.29. The standard InChI is InChI=1S/C20H26F2N2O4/c1-20(2,3)28-19(25)23-17-11-14(24-6-8-26-9-7-24)12-27-18(17)15-10-13(21)4-5-16(15)22/h4-5,10,12,17-18H,6-9,11H2,1-3H3,(H,23,25)/t17-,18+/m0/s1. The lowest BCUT2D eigenvalue weighted by Gasteiger charge is -2.38. The predicted molar refractivity (Wildman–Crippen MR) is 98.4 cm³/mol. The van der Waals surface area contributed by atoms with Gasteiger partial charge in [0.1, 0.15) is 29.6 Å². The molecule has 1 amide bonds. The van der Waals surface area contributed by atoms with Crippen LogP contribution < -0.4 is 5.32 Å². The third-order valence-electron chi connectivity index (χ3n) is 4.53. The second-order valence-corrected chi connectivity index (χ2v) is 7.89. The van der Waals surface area contributed by atoms with Crippen LogP contribution in [0.1, 0.15) is 38.9 Å². The van der Waals surface area contributed by atoms with Crippen molar-refractivity contribution in [3.8, 4) is 0 Å². The largest absolute Gasteiger partial charge is 0.489 e. The zero-order valence-corrected chi connectivity index (χ0v) is 16.3. The van der Waals surface area contributed by atoms with Crippen LogP contribution in [-0.4, -0.2) is 48.9 Å². The smallest absolute Gasteiger partial charge is 0.408 e. The number of amides is 1. The molecule has 1 aromatic carbocycles. The first-order valence-electron chi connectivity index (χ1n) is 9.34. The molecule has 1 fully saturated rings. The maximum atomic E-state index is 14.3. The molecule has 0 aromatic heterocycles. The SMILES string of the molecule is CC(C)(C)OC(=O)N[C@H]1CC(N2CCOCC2)=CO[C@@H]1c1cc(F)ccc1F. The van der Waals surface area contributed by atoms with Gasteiger partial charge in [0.2, 0.25) is 0 Å². The number of nitrogens with one attached hydrogen (secondary N) is 1. The fourth-order valence-electron chi connectivity index (χ4n) is 3.29. The quantitative estimate of drug-likeness (QED) is 0.848. The van der Waals surface area contributed by atoms with Crippen LogP contribution in [-0.2, 0) is 14.2 Å². The van der Waals surface area contributed by atoms with Crippen molar-refractivity contribution in [2.75, 3.05) is 26.3 Å². The highest BCUT2D eigenvalue weighted by Crippen LogP contribution is 2.34. The van der Waals surface area contributed by atoms with Crippen molar-refractivity contribution in [3.63, 3.8) is 0 Å². The minimum absolute atomic E-state index is 0.0540. The van der Waals surface area contributed by atoms with Crippen molar-refractivity contribution < 1.29 is 27.8 Å². The van der Waals surface area contributed by atoms with Crippen LogP contribution >= 0.6 is 0 Å². The summed E-state index contributed by atoms with van der Waals surface area (Å²) in [6, 6.07) is 2.58. The van der Waals surface area contributed by atoms with Crippen LogP contribution in [0.15, 0.2) is 30.2 Å². The van der Waals surface area contributed by atoms with E-state index in [9.17, 15) is 13.6 Å². The topological polar surface area (TPSA) is 60.0 Å². The molecule has 28 heavy (non-hydrogen) atoms. The van der Waals surface area contributed by atoms with Crippen molar-refractivity contribution in [1.29, 1.82) is 0 Å². The first kappa shape index (κ1) is 20.4. The molecule has 1 saturated heterocycles. The minimum Gasteiger partial charge on any atom is -0.489 e. The van der Waals surface area contributed by atoms with Gasteiger partial charge in [-0.3, -0.25) is 0 Å². The number of hydrogen-bond donors (Lipinski definition) is 1. The molecule has 2 aliphatic rings. The second kappa shape index (κ2) is 8.34. The number of nitrogens with zero attached hydrogens (tertiary/aromatic N) is 1. The van der Waals surface area contributed by atoms with Crippen LogP contribution in [0.2, 0.25) is 0 Å². The van der Waals surface area contributed by atoms with Crippen molar-refractivity contribution >= 4 is 6.09 Å². The summed E-state index contributed by atoms with van der Waals surface area (Å²) in [6.07, 6.45) is 0.465. The van der Waals surface area contributed by atoms with Gasteiger partial charge in [0.25, 0.3) is 0 Å². The first-order valence-corrected chi connectivity index (χ1v) is 9.34. The van der Waals surface area contributed by atoms with E-state index >= 15 is 0 Å². The van der Waals surface area contributed by atoms with E-state index in [1.807, 2.05) is 0 Å². The Kier molecular flexibility index (Phi) is 6.07. The molecule has 0 unspecified atom stereocenters. The van der Waals surface area contributed by atoms with Gasteiger partial charge in [0.05, 0.1) is 25.0 Å². The third kappa shape index (κ3) is 5.13. The molecule has 8 heteroatoms. The maximum Gasteiger partial charge on any atom is 0.408 e. The van der Waals surface area contributed by atoms with Gasteiger partial charge in [-0.15, -0.1) is 0 Å². The van der Waals surface area contributed by atoms with Crippen LogP contribution in [0.3, 0.4) is 0 Å². The molecular formula is C20H26F2N2O4. The van der Waals surface area contributed by atoms with Crippen molar-refractivity contribution in [2.45, 2.75) is 44.9 Å². The van der Waals surface area contributed by atoms with Gasteiger partial charge >= 0.3 is 6.09 Å². The number of carbonyl (C=O) groups excluding carboxylic acids is 1. The van der Waals surface area contributed by atoms with Crippen molar-refractivity contribution in [1.82, 2.24) is 10.2 Å². The lowest BCUT2D eigenvalue weighted by Crippen LogP contribution is -2.46. The Morgan fingerprint density at radius 3 is 2.64 bits per heavy atom. The van der Waals surface area contributed by atoms with Gasteiger partial charge < -0.3 is 24.4 Å². The van der Waals surface area contributed by atoms with Crippen LogP contribution in [0.25, 0.3) is 0 Å². The molecule has 0 aliphatic carbocycles. The average Bonchev–Trinajstić information content (AvgIpc) is 2.63. The van der Waals surface area contributed by atoms with E-state index < -0.39 is 35.5 Å².